The van der Waals surface area contributed by atoms with Crippen molar-refractivity contribution < 1.29 is 14.6 Å². The van der Waals surface area contributed by atoms with E-state index in [1.54, 1.807) is 0 Å². The van der Waals surface area contributed by atoms with Gasteiger partial charge in [-0.1, -0.05) is 25.1 Å². The van der Waals surface area contributed by atoms with Crippen LogP contribution in [0.1, 0.15) is 6.92 Å². The van der Waals surface area contributed by atoms with Gasteiger partial charge in [0, 0.05) is 6.54 Å². The topological polar surface area (TPSA) is 50.7 Å². The molecule has 0 aliphatic heterocycles. The Labute approximate surface area is 125 Å². The Morgan fingerprint density at radius 2 is 1.57 bits per heavy atom. The van der Waals surface area contributed by atoms with Crippen LogP contribution < -0.4 is 14.8 Å². The lowest BCUT2D eigenvalue weighted by molar-refractivity contribution is 0.107. The molecule has 0 aromatic heterocycles. The Kier molecular flexibility index (Phi) is 6.06. The van der Waals surface area contributed by atoms with Gasteiger partial charge in [0.15, 0.2) is 0 Å². The second-order valence-corrected chi connectivity index (χ2v) is 4.66. The predicted molar refractivity (Wildman–Crippen MR) is 83.0 cm³/mol. The van der Waals surface area contributed by atoms with Crippen LogP contribution in [0.5, 0.6) is 17.2 Å². The zero-order valence-corrected chi connectivity index (χ0v) is 12.2. The van der Waals surface area contributed by atoms with Gasteiger partial charge in [0.25, 0.3) is 0 Å². The van der Waals surface area contributed by atoms with Crippen LogP contribution >= 0.6 is 0 Å². The van der Waals surface area contributed by atoms with Gasteiger partial charge in [-0.2, -0.15) is 0 Å². The van der Waals surface area contributed by atoms with E-state index in [2.05, 4.69) is 5.32 Å². The Morgan fingerprint density at radius 3 is 2.24 bits per heavy atom. The highest BCUT2D eigenvalue weighted by atomic mass is 16.5. The van der Waals surface area contributed by atoms with Crippen molar-refractivity contribution in [3.8, 4) is 17.2 Å². The molecule has 0 aliphatic rings. The third-order valence-electron chi connectivity index (χ3n) is 2.87. The highest BCUT2D eigenvalue weighted by Crippen LogP contribution is 2.23. The van der Waals surface area contributed by atoms with E-state index in [1.807, 2.05) is 61.5 Å². The van der Waals surface area contributed by atoms with Crippen molar-refractivity contribution in [3.63, 3.8) is 0 Å². The molecule has 0 spiro atoms. The van der Waals surface area contributed by atoms with E-state index in [4.69, 9.17) is 9.47 Å². The molecule has 0 amide bonds. The van der Waals surface area contributed by atoms with Crippen LogP contribution in [0.2, 0.25) is 0 Å². The SMILES string of the molecule is CCNCC(O)COc1ccc(Oc2ccccc2)cc1. The number of nitrogens with one attached hydrogen (secondary N) is 1. The molecule has 2 aromatic rings. The van der Waals surface area contributed by atoms with Crippen molar-refractivity contribution >= 4 is 0 Å². The smallest absolute Gasteiger partial charge is 0.127 e. The van der Waals surface area contributed by atoms with Crippen molar-refractivity contribution in [2.75, 3.05) is 19.7 Å². The van der Waals surface area contributed by atoms with Gasteiger partial charge in [0.1, 0.15) is 30.0 Å². The number of ether oxygens (including phenoxy) is 2. The monoisotopic (exact) mass is 287 g/mol. The highest BCUT2D eigenvalue weighted by molar-refractivity contribution is 5.35. The summed E-state index contributed by atoms with van der Waals surface area (Å²) < 4.78 is 11.2. The first-order valence-electron chi connectivity index (χ1n) is 7.12. The van der Waals surface area contributed by atoms with E-state index >= 15 is 0 Å². The first-order valence-corrected chi connectivity index (χ1v) is 7.12. The van der Waals surface area contributed by atoms with Crippen molar-refractivity contribution in [3.05, 3.63) is 54.6 Å². The lowest BCUT2D eigenvalue weighted by Gasteiger charge is -2.13. The van der Waals surface area contributed by atoms with Gasteiger partial charge in [0.2, 0.25) is 0 Å². The molecule has 21 heavy (non-hydrogen) atoms. The highest BCUT2D eigenvalue weighted by Gasteiger charge is 2.04. The summed E-state index contributed by atoms with van der Waals surface area (Å²) in [6, 6.07) is 17.0. The summed E-state index contributed by atoms with van der Waals surface area (Å²) in [5.41, 5.74) is 0. The first-order chi connectivity index (χ1) is 10.3. The fourth-order valence-electron chi connectivity index (χ4n) is 1.79. The zero-order valence-electron chi connectivity index (χ0n) is 12.2. The number of aliphatic hydroxyl groups is 1. The molecule has 0 bridgehead atoms. The summed E-state index contributed by atoms with van der Waals surface area (Å²) in [6.45, 7) is 3.64. The standard InChI is InChI=1S/C17H21NO3/c1-2-18-12-14(19)13-20-15-8-10-17(11-9-15)21-16-6-4-3-5-7-16/h3-11,14,18-19H,2,12-13H2,1H3. The van der Waals surface area contributed by atoms with E-state index in [-0.39, 0.29) is 6.61 Å². The third kappa shape index (κ3) is 5.45. The molecule has 2 rings (SSSR count). The molecule has 2 N–H and O–H groups in total. The number of likely N-dealkylation sites (N-methyl/N-ethyl adjacent to an activating group) is 1. The molecular weight excluding hydrogens is 266 g/mol. The lowest BCUT2D eigenvalue weighted by Crippen LogP contribution is -2.31. The fourth-order valence-corrected chi connectivity index (χ4v) is 1.79. The Hall–Kier alpha value is -2.04. The third-order valence-corrected chi connectivity index (χ3v) is 2.87. The number of rotatable bonds is 8. The van der Waals surface area contributed by atoms with Crippen molar-refractivity contribution in [1.29, 1.82) is 0 Å². The summed E-state index contributed by atoms with van der Waals surface area (Å²) in [7, 11) is 0. The van der Waals surface area contributed by atoms with E-state index in [0.717, 1.165) is 18.0 Å². The second-order valence-electron chi connectivity index (χ2n) is 4.66. The Bertz CT molecular complexity index is 513. The number of aliphatic hydroxyl groups excluding tert-OH is 1. The number of benzene rings is 2. The maximum Gasteiger partial charge on any atom is 0.127 e. The molecule has 0 saturated carbocycles. The summed E-state index contributed by atoms with van der Waals surface area (Å²) in [5, 5.41) is 12.7. The average molecular weight is 287 g/mol. The Balaban J connectivity index is 1.82. The number of hydrogen-bond acceptors (Lipinski definition) is 4. The molecule has 0 aliphatic carbocycles. The van der Waals surface area contributed by atoms with Crippen LogP contribution in [0.4, 0.5) is 0 Å². The van der Waals surface area contributed by atoms with Crippen LogP contribution in [0.25, 0.3) is 0 Å². The van der Waals surface area contributed by atoms with Crippen molar-refractivity contribution in [2.45, 2.75) is 13.0 Å². The summed E-state index contributed by atoms with van der Waals surface area (Å²) in [6.07, 6.45) is -0.509. The minimum absolute atomic E-state index is 0.270. The summed E-state index contributed by atoms with van der Waals surface area (Å²) >= 11 is 0. The quantitative estimate of drug-likeness (QED) is 0.784. The number of para-hydroxylation sites is 1. The van der Waals surface area contributed by atoms with Gasteiger partial charge < -0.3 is 19.9 Å². The normalized spacial score (nSPS) is 11.9. The second kappa shape index (κ2) is 8.29. The fraction of sp³-hybridized carbons (Fsp3) is 0.294. The maximum atomic E-state index is 9.68. The molecule has 0 radical (unpaired) electrons. The number of hydrogen-bond donors (Lipinski definition) is 2. The van der Waals surface area contributed by atoms with Crippen molar-refractivity contribution in [1.82, 2.24) is 5.32 Å². The van der Waals surface area contributed by atoms with Crippen LogP contribution in [0, 0.1) is 0 Å². The van der Waals surface area contributed by atoms with Crippen molar-refractivity contribution in [2.24, 2.45) is 0 Å². The summed E-state index contributed by atoms with van der Waals surface area (Å²) in [4.78, 5) is 0. The lowest BCUT2D eigenvalue weighted by atomic mass is 10.3. The van der Waals surface area contributed by atoms with Crippen LogP contribution in [-0.2, 0) is 0 Å². The molecule has 2 aromatic carbocycles. The largest absolute Gasteiger partial charge is 0.491 e. The molecule has 0 heterocycles. The van der Waals surface area contributed by atoms with E-state index < -0.39 is 6.10 Å². The van der Waals surface area contributed by atoms with E-state index in [0.29, 0.717) is 12.3 Å². The van der Waals surface area contributed by atoms with Crippen LogP contribution in [0.15, 0.2) is 54.6 Å². The van der Waals surface area contributed by atoms with Gasteiger partial charge in [-0.15, -0.1) is 0 Å². The molecule has 4 heteroatoms. The zero-order chi connectivity index (χ0) is 14.9. The maximum absolute atomic E-state index is 9.68. The molecule has 112 valence electrons. The molecule has 0 saturated heterocycles. The molecule has 4 nitrogen and oxygen atoms in total. The first kappa shape index (κ1) is 15.4. The van der Waals surface area contributed by atoms with Crippen LogP contribution in [0.3, 0.4) is 0 Å². The minimum Gasteiger partial charge on any atom is -0.491 e. The molecule has 1 unspecified atom stereocenters. The molecule has 1 atom stereocenters. The summed E-state index contributed by atoms with van der Waals surface area (Å²) in [5.74, 6) is 2.26. The van der Waals surface area contributed by atoms with Gasteiger partial charge in [-0.3, -0.25) is 0 Å². The molecular formula is C17H21NO3. The minimum atomic E-state index is -0.509. The predicted octanol–water partition coefficient (Wildman–Crippen LogP) is 2.83. The Morgan fingerprint density at radius 1 is 0.952 bits per heavy atom. The molecule has 0 fully saturated rings. The van der Waals surface area contributed by atoms with Gasteiger partial charge in [-0.05, 0) is 42.9 Å². The van der Waals surface area contributed by atoms with Gasteiger partial charge in [-0.25, -0.2) is 0 Å². The van der Waals surface area contributed by atoms with Crippen LogP contribution in [-0.4, -0.2) is 30.9 Å². The average Bonchev–Trinajstić information content (AvgIpc) is 2.53. The van der Waals surface area contributed by atoms with E-state index in [9.17, 15) is 5.11 Å². The van der Waals surface area contributed by atoms with Gasteiger partial charge >= 0.3 is 0 Å². The van der Waals surface area contributed by atoms with Gasteiger partial charge in [0.05, 0.1) is 0 Å². The van der Waals surface area contributed by atoms with E-state index in [1.165, 1.54) is 0 Å².